The molecule has 2 amide bonds. The normalized spacial score (nSPS) is 9.94. The molecule has 0 saturated heterocycles. The van der Waals surface area contributed by atoms with Gasteiger partial charge in [-0.05, 0) is 19.1 Å². The Morgan fingerprint density at radius 2 is 1.88 bits per heavy atom. The summed E-state index contributed by atoms with van der Waals surface area (Å²) in [6, 6.07) is 7.54. The lowest BCUT2D eigenvalue weighted by molar-refractivity contribution is -0.118. The van der Waals surface area contributed by atoms with Gasteiger partial charge in [-0.1, -0.05) is 17.7 Å². The first-order chi connectivity index (χ1) is 8.08. The van der Waals surface area contributed by atoms with E-state index in [0.717, 1.165) is 11.3 Å². The first-order valence-electron chi connectivity index (χ1n) is 5.43. The molecule has 0 fully saturated rings. The van der Waals surface area contributed by atoms with Gasteiger partial charge in [-0.3, -0.25) is 9.59 Å². The van der Waals surface area contributed by atoms with E-state index >= 15 is 0 Å². The summed E-state index contributed by atoms with van der Waals surface area (Å²) in [6.45, 7) is 2.56. The average Bonchev–Trinajstić information content (AvgIpc) is 2.27. The van der Waals surface area contributed by atoms with Crippen LogP contribution >= 0.6 is 0 Å². The summed E-state index contributed by atoms with van der Waals surface area (Å²) < 4.78 is 0. The quantitative estimate of drug-likeness (QED) is 0.624. The van der Waals surface area contributed by atoms with Gasteiger partial charge in [-0.2, -0.15) is 0 Å². The third-order valence-electron chi connectivity index (χ3n) is 2.17. The molecule has 0 radical (unpaired) electrons. The Morgan fingerprint density at radius 1 is 1.24 bits per heavy atom. The lowest BCUT2D eigenvalue weighted by Gasteiger charge is -2.06. The van der Waals surface area contributed by atoms with E-state index in [2.05, 4.69) is 10.6 Å². The Bertz CT molecular complexity index is 387. The van der Waals surface area contributed by atoms with Crippen LogP contribution in [0.15, 0.2) is 24.3 Å². The number of carbonyl (C=O) groups excluding carboxylic acids is 2. The number of anilines is 1. The van der Waals surface area contributed by atoms with E-state index in [0.29, 0.717) is 6.54 Å². The Kier molecular flexibility index (Phi) is 5.16. The molecular weight excluding hydrogens is 218 g/mol. The zero-order valence-electron chi connectivity index (χ0n) is 9.82. The van der Waals surface area contributed by atoms with Crippen LogP contribution in [-0.2, 0) is 9.59 Å². The first kappa shape index (κ1) is 13.2. The maximum Gasteiger partial charge on any atom is 0.238 e. The summed E-state index contributed by atoms with van der Waals surface area (Å²) >= 11 is 0. The van der Waals surface area contributed by atoms with Crippen LogP contribution in [0.5, 0.6) is 0 Å². The molecule has 0 aliphatic rings. The highest BCUT2D eigenvalue weighted by Gasteiger charge is 2.01. The maximum absolute atomic E-state index is 11.5. The van der Waals surface area contributed by atoms with Crippen molar-refractivity contribution in [1.82, 2.24) is 5.32 Å². The second kappa shape index (κ2) is 6.65. The lowest BCUT2D eigenvalue weighted by Crippen LogP contribution is -2.30. The number of primary amides is 1. The molecule has 0 spiro atoms. The van der Waals surface area contributed by atoms with Crippen molar-refractivity contribution in [2.24, 2.45) is 5.73 Å². The second-order valence-corrected chi connectivity index (χ2v) is 3.81. The Balaban J connectivity index is 2.25. The van der Waals surface area contributed by atoms with Crippen molar-refractivity contribution in [2.45, 2.75) is 13.3 Å². The van der Waals surface area contributed by atoms with Crippen LogP contribution in [0.25, 0.3) is 0 Å². The number of carbonyl (C=O) groups is 2. The van der Waals surface area contributed by atoms with Crippen LogP contribution in [0.3, 0.4) is 0 Å². The van der Waals surface area contributed by atoms with Gasteiger partial charge in [0.05, 0.1) is 6.54 Å². The zero-order valence-corrected chi connectivity index (χ0v) is 9.82. The summed E-state index contributed by atoms with van der Waals surface area (Å²) in [5, 5.41) is 5.57. The molecule has 0 bridgehead atoms. The van der Waals surface area contributed by atoms with Gasteiger partial charge in [0.1, 0.15) is 0 Å². The van der Waals surface area contributed by atoms with Gasteiger partial charge in [0, 0.05) is 18.7 Å². The number of nitrogens with two attached hydrogens (primary N) is 1. The molecule has 0 atom stereocenters. The minimum absolute atomic E-state index is 0.140. The number of benzene rings is 1. The van der Waals surface area contributed by atoms with Gasteiger partial charge in [-0.15, -0.1) is 0 Å². The van der Waals surface area contributed by atoms with Crippen LogP contribution in [-0.4, -0.2) is 24.9 Å². The minimum atomic E-state index is -0.378. The average molecular weight is 235 g/mol. The number of nitrogens with one attached hydrogen (secondary N) is 2. The van der Waals surface area contributed by atoms with Crippen LogP contribution < -0.4 is 16.4 Å². The minimum Gasteiger partial charge on any atom is -0.370 e. The molecule has 1 aromatic rings. The Hall–Kier alpha value is -1.88. The van der Waals surface area contributed by atoms with Gasteiger partial charge in [0.25, 0.3) is 0 Å². The molecule has 0 saturated carbocycles. The van der Waals surface area contributed by atoms with E-state index in [1.54, 1.807) is 0 Å². The fraction of sp³-hybridized carbons (Fsp3) is 0.333. The third kappa shape index (κ3) is 5.67. The van der Waals surface area contributed by atoms with Crippen molar-refractivity contribution in [3.8, 4) is 0 Å². The van der Waals surface area contributed by atoms with Crippen molar-refractivity contribution in [3.05, 3.63) is 29.8 Å². The van der Waals surface area contributed by atoms with Gasteiger partial charge >= 0.3 is 0 Å². The monoisotopic (exact) mass is 235 g/mol. The molecule has 0 aliphatic carbocycles. The molecule has 5 nitrogen and oxygen atoms in total. The number of rotatable bonds is 6. The number of amides is 2. The molecule has 0 aromatic heterocycles. The number of aryl methyl sites for hydroxylation is 1. The molecule has 1 aromatic carbocycles. The summed E-state index contributed by atoms with van der Waals surface area (Å²) in [6.07, 6.45) is 0.234. The Morgan fingerprint density at radius 3 is 2.47 bits per heavy atom. The first-order valence-corrected chi connectivity index (χ1v) is 5.43. The zero-order chi connectivity index (χ0) is 12.7. The smallest absolute Gasteiger partial charge is 0.238 e. The fourth-order valence-corrected chi connectivity index (χ4v) is 1.26. The van der Waals surface area contributed by atoms with Crippen LogP contribution in [0, 0.1) is 6.92 Å². The van der Waals surface area contributed by atoms with Crippen molar-refractivity contribution in [3.63, 3.8) is 0 Å². The van der Waals surface area contributed by atoms with Gasteiger partial charge in [-0.25, -0.2) is 0 Å². The van der Waals surface area contributed by atoms with E-state index in [4.69, 9.17) is 5.73 Å². The van der Waals surface area contributed by atoms with Crippen LogP contribution in [0.4, 0.5) is 5.69 Å². The van der Waals surface area contributed by atoms with Crippen LogP contribution in [0.1, 0.15) is 12.0 Å². The molecule has 1 rings (SSSR count). The number of hydrogen-bond acceptors (Lipinski definition) is 3. The predicted octanol–water partition coefficient (Wildman–Crippen LogP) is 0.399. The summed E-state index contributed by atoms with van der Waals surface area (Å²) in [5.41, 5.74) is 6.87. The molecule has 4 N–H and O–H groups in total. The fourth-order valence-electron chi connectivity index (χ4n) is 1.26. The van der Waals surface area contributed by atoms with Crippen molar-refractivity contribution < 1.29 is 9.59 Å². The van der Waals surface area contributed by atoms with Gasteiger partial charge in [0.2, 0.25) is 11.8 Å². The SMILES string of the molecule is Cc1ccc(NC(=O)CNCCC(N)=O)cc1. The molecule has 92 valence electrons. The second-order valence-electron chi connectivity index (χ2n) is 3.81. The van der Waals surface area contributed by atoms with E-state index in [1.807, 2.05) is 31.2 Å². The largest absolute Gasteiger partial charge is 0.370 e. The highest BCUT2D eigenvalue weighted by atomic mass is 16.2. The van der Waals surface area contributed by atoms with E-state index < -0.39 is 0 Å². The third-order valence-corrected chi connectivity index (χ3v) is 2.17. The van der Waals surface area contributed by atoms with Gasteiger partial charge < -0.3 is 16.4 Å². The van der Waals surface area contributed by atoms with E-state index in [1.165, 1.54) is 0 Å². The molecule has 0 heterocycles. The topological polar surface area (TPSA) is 84.2 Å². The summed E-state index contributed by atoms with van der Waals surface area (Å²) in [5.74, 6) is -0.519. The summed E-state index contributed by atoms with van der Waals surface area (Å²) in [4.78, 5) is 21.9. The molecule has 0 aliphatic heterocycles. The van der Waals surface area contributed by atoms with E-state index in [-0.39, 0.29) is 24.8 Å². The molecular formula is C12H17N3O2. The van der Waals surface area contributed by atoms with Crippen molar-refractivity contribution in [2.75, 3.05) is 18.4 Å². The molecule has 0 unspecified atom stereocenters. The lowest BCUT2D eigenvalue weighted by atomic mass is 10.2. The van der Waals surface area contributed by atoms with Crippen LogP contribution in [0.2, 0.25) is 0 Å². The van der Waals surface area contributed by atoms with Crippen molar-refractivity contribution >= 4 is 17.5 Å². The molecule has 5 heteroatoms. The van der Waals surface area contributed by atoms with Gasteiger partial charge in [0.15, 0.2) is 0 Å². The predicted molar refractivity (Wildman–Crippen MR) is 66.5 cm³/mol. The number of hydrogen-bond donors (Lipinski definition) is 3. The van der Waals surface area contributed by atoms with Crippen molar-refractivity contribution in [1.29, 1.82) is 0 Å². The standard InChI is InChI=1S/C12H17N3O2/c1-9-2-4-10(5-3-9)15-12(17)8-14-7-6-11(13)16/h2-5,14H,6-8H2,1H3,(H2,13,16)(H,15,17). The molecule has 17 heavy (non-hydrogen) atoms. The highest BCUT2D eigenvalue weighted by Crippen LogP contribution is 2.07. The van der Waals surface area contributed by atoms with E-state index in [9.17, 15) is 9.59 Å². The Labute approximate surface area is 100 Å². The highest BCUT2D eigenvalue weighted by molar-refractivity contribution is 5.92. The maximum atomic E-state index is 11.5. The summed E-state index contributed by atoms with van der Waals surface area (Å²) in [7, 11) is 0.